The second-order valence-electron chi connectivity index (χ2n) is 5.20. The zero-order valence-electron chi connectivity index (χ0n) is 12.7. The van der Waals surface area contributed by atoms with E-state index in [9.17, 15) is 0 Å². The lowest BCUT2D eigenvalue weighted by atomic mass is 10.2. The summed E-state index contributed by atoms with van der Waals surface area (Å²) in [6.45, 7) is 4.33. The van der Waals surface area contributed by atoms with E-state index in [1.54, 1.807) is 11.3 Å². The van der Waals surface area contributed by atoms with Gasteiger partial charge in [-0.05, 0) is 35.7 Å². The fraction of sp³-hybridized carbons (Fsp3) is 0.312. The molecule has 2 aromatic rings. The van der Waals surface area contributed by atoms with E-state index in [4.69, 9.17) is 17.3 Å². The second-order valence-corrected chi connectivity index (χ2v) is 6.67. The summed E-state index contributed by atoms with van der Waals surface area (Å²) in [6, 6.07) is 12.1. The zero-order chi connectivity index (χ0) is 15.4. The SMILES string of the molecule is I.NC(=NCc1cccs1)N1CCN(c2ccc(Cl)cc2)CC1. The summed E-state index contributed by atoms with van der Waals surface area (Å²) in [4.78, 5) is 10.2. The average molecular weight is 463 g/mol. The highest BCUT2D eigenvalue weighted by Crippen LogP contribution is 2.19. The summed E-state index contributed by atoms with van der Waals surface area (Å²) in [6.07, 6.45) is 0. The summed E-state index contributed by atoms with van der Waals surface area (Å²) in [5.41, 5.74) is 7.32. The number of aliphatic imine (C=N–C) groups is 1. The van der Waals surface area contributed by atoms with Crippen LogP contribution in [0.25, 0.3) is 0 Å². The molecule has 0 bridgehead atoms. The first kappa shape index (κ1) is 18.4. The van der Waals surface area contributed by atoms with Gasteiger partial charge in [0.15, 0.2) is 5.96 Å². The third-order valence-electron chi connectivity index (χ3n) is 3.77. The number of piperazine rings is 1. The number of nitrogens with zero attached hydrogens (tertiary/aromatic N) is 3. The molecule has 1 aliphatic heterocycles. The van der Waals surface area contributed by atoms with E-state index in [2.05, 4.69) is 38.4 Å². The van der Waals surface area contributed by atoms with Crippen LogP contribution in [0, 0.1) is 0 Å². The van der Waals surface area contributed by atoms with Gasteiger partial charge in [-0.1, -0.05) is 17.7 Å². The van der Waals surface area contributed by atoms with E-state index in [1.807, 2.05) is 18.2 Å². The maximum atomic E-state index is 6.11. The smallest absolute Gasteiger partial charge is 0.191 e. The highest BCUT2D eigenvalue weighted by molar-refractivity contribution is 14.0. The van der Waals surface area contributed by atoms with Gasteiger partial charge < -0.3 is 15.5 Å². The van der Waals surface area contributed by atoms with Crippen LogP contribution in [0.1, 0.15) is 4.88 Å². The van der Waals surface area contributed by atoms with E-state index >= 15 is 0 Å². The number of benzene rings is 1. The Balaban J connectivity index is 0.00000192. The zero-order valence-corrected chi connectivity index (χ0v) is 16.6. The van der Waals surface area contributed by atoms with Crippen LogP contribution in [0.3, 0.4) is 0 Å². The van der Waals surface area contributed by atoms with Crippen LogP contribution in [0.15, 0.2) is 46.8 Å². The molecule has 1 fully saturated rings. The van der Waals surface area contributed by atoms with Crippen molar-refractivity contribution < 1.29 is 0 Å². The van der Waals surface area contributed by atoms with Crippen molar-refractivity contribution in [1.82, 2.24) is 4.90 Å². The van der Waals surface area contributed by atoms with Crippen molar-refractivity contribution in [2.24, 2.45) is 10.7 Å². The summed E-state index contributed by atoms with van der Waals surface area (Å²) in [5.74, 6) is 0.643. The lowest BCUT2D eigenvalue weighted by Crippen LogP contribution is -2.51. The van der Waals surface area contributed by atoms with Crippen molar-refractivity contribution in [3.63, 3.8) is 0 Å². The molecular weight excluding hydrogens is 443 g/mol. The van der Waals surface area contributed by atoms with Crippen molar-refractivity contribution in [3.05, 3.63) is 51.7 Å². The average Bonchev–Trinajstić information content (AvgIpc) is 3.07. The fourth-order valence-electron chi connectivity index (χ4n) is 2.51. The van der Waals surface area contributed by atoms with E-state index in [0.717, 1.165) is 31.2 Å². The molecule has 4 nitrogen and oxygen atoms in total. The first-order valence-corrected chi connectivity index (χ1v) is 8.56. The van der Waals surface area contributed by atoms with Gasteiger partial charge in [0.25, 0.3) is 0 Å². The molecule has 3 rings (SSSR count). The second kappa shape index (κ2) is 8.75. The summed E-state index contributed by atoms with van der Waals surface area (Å²) in [7, 11) is 0. The first-order valence-electron chi connectivity index (χ1n) is 7.30. The van der Waals surface area contributed by atoms with Crippen LogP contribution in [-0.4, -0.2) is 37.0 Å². The summed E-state index contributed by atoms with van der Waals surface area (Å²) >= 11 is 7.64. The Morgan fingerprint density at radius 2 is 1.83 bits per heavy atom. The molecule has 124 valence electrons. The topological polar surface area (TPSA) is 44.9 Å². The molecule has 23 heavy (non-hydrogen) atoms. The largest absolute Gasteiger partial charge is 0.370 e. The maximum Gasteiger partial charge on any atom is 0.191 e. The van der Waals surface area contributed by atoms with Crippen LogP contribution in [0.4, 0.5) is 5.69 Å². The number of hydrogen-bond donors (Lipinski definition) is 1. The van der Waals surface area contributed by atoms with Crippen molar-refractivity contribution in [2.75, 3.05) is 31.1 Å². The molecule has 0 amide bonds. The molecular formula is C16H20ClIN4S. The maximum absolute atomic E-state index is 6.11. The van der Waals surface area contributed by atoms with E-state index in [-0.39, 0.29) is 24.0 Å². The van der Waals surface area contributed by atoms with E-state index in [0.29, 0.717) is 12.5 Å². The molecule has 0 radical (unpaired) electrons. The Labute approximate surface area is 163 Å². The van der Waals surface area contributed by atoms with Crippen LogP contribution >= 0.6 is 46.9 Å². The lowest BCUT2D eigenvalue weighted by Gasteiger charge is -2.36. The third-order valence-corrected chi connectivity index (χ3v) is 4.89. The number of rotatable bonds is 3. The van der Waals surface area contributed by atoms with Gasteiger partial charge in [-0.25, -0.2) is 4.99 Å². The molecule has 0 atom stereocenters. The number of hydrogen-bond acceptors (Lipinski definition) is 3. The van der Waals surface area contributed by atoms with Gasteiger partial charge in [0.2, 0.25) is 0 Å². The number of guanidine groups is 1. The van der Waals surface area contributed by atoms with Gasteiger partial charge in [-0.3, -0.25) is 0 Å². The standard InChI is InChI=1S/C16H19ClN4S.HI/c17-13-3-5-14(6-4-13)20-7-9-21(10-8-20)16(18)19-12-15-2-1-11-22-15;/h1-6,11H,7-10,12H2,(H2,18,19);1H. The van der Waals surface area contributed by atoms with E-state index in [1.165, 1.54) is 10.6 Å². The first-order chi connectivity index (χ1) is 10.7. The minimum absolute atomic E-state index is 0. The van der Waals surface area contributed by atoms with Crippen LogP contribution in [-0.2, 0) is 6.54 Å². The Bertz CT molecular complexity index is 622. The van der Waals surface area contributed by atoms with E-state index < -0.39 is 0 Å². The number of thiophene rings is 1. The van der Waals surface area contributed by atoms with Gasteiger partial charge in [-0.2, -0.15) is 0 Å². The highest BCUT2D eigenvalue weighted by atomic mass is 127. The van der Waals surface area contributed by atoms with Crippen molar-refractivity contribution in [1.29, 1.82) is 0 Å². The van der Waals surface area contributed by atoms with Crippen molar-refractivity contribution in [2.45, 2.75) is 6.54 Å². The molecule has 1 saturated heterocycles. The molecule has 7 heteroatoms. The quantitative estimate of drug-likeness (QED) is 0.430. The van der Waals surface area contributed by atoms with Gasteiger partial charge in [-0.15, -0.1) is 35.3 Å². The molecule has 2 N–H and O–H groups in total. The number of nitrogens with two attached hydrogens (primary N) is 1. The molecule has 0 aliphatic carbocycles. The lowest BCUT2D eigenvalue weighted by molar-refractivity contribution is 0.381. The summed E-state index contributed by atoms with van der Waals surface area (Å²) in [5, 5.41) is 2.83. The van der Waals surface area contributed by atoms with Crippen LogP contribution < -0.4 is 10.6 Å². The monoisotopic (exact) mass is 462 g/mol. The molecule has 1 aliphatic rings. The van der Waals surface area contributed by atoms with Crippen LogP contribution in [0.5, 0.6) is 0 Å². The normalized spacial score (nSPS) is 15.4. The van der Waals surface area contributed by atoms with Gasteiger partial charge in [0, 0.05) is 41.8 Å². The molecule has 0 unspecified atom stereocenters. The van der Waals surface area contributed by atoms with Crippen molar-refractivity contribution >= 4 is 58.6 Å². The number of anilines is 1. The Morgan fingerprint density at radius 1 is 1.13 bits per heavy atom. The van der Waals surface area contributed by atoms with Crippen LogP contribution in [0.2, 0.25) is 5.02 Å². The fourth-order valence-corrected chi connectivity index (χ4v) is 3.26. The van der Waals surface area contributed by atoms with Gasteiger partial charge in [0.05, 0.1) is 6.54 Å². The molecule has 0 spiro atoms. The molecule has 1 aromatic heterocycles. The summed E-state index contributed by atoms with van der Waals surface area (Å²) < 4.78 is 0. The van der Waals surface area contributed by atoms with Crippen molar-refractivity contribution in [3.8, 4) is 0 Å². The van der Waals surface area contributed by atoms with Gasteiger partial charge in [0.1, 0.15) is 0 Å². The number of halogens is 2. The Hall–Kier alpha value is -0.990. The minimum atomic E-state index is 0. The van der Waals surface area contributed by atoms with Gasteiger partial charge >= 0.3 is 0 Å². The molecule has 1 aromatic carbocycles. The molecule has 0 saturated carbocycles. The Morgan fingerprint density at radius 3 is 2.43 bits per heavy atom. The minimum Gasteiger partial charge on any atom is -0.370 e. The highest BCUT2D eigenvalue weighted by Gasteiger charge is 2.18. The molecule has 2 heterocycles. The predicted octanol–water partition coefficient (Wildman–Crippen LogP) is 3.66. The Kier molecular flexibility index (Phi) is 6.98. The predicted molar refractivity (Wildman–Crippen MR) is 110 cm³/mol. The third kappa shape index (κ3) is 4.99.